The maximum Gasteiger partial charge on any atom is 0.139 e. The Hall–Kier alpha value is -2.36. The van der Waals surface area contributed by atoms with Gasteiger partial charge in [0, 0.05) is 17.3 Å². The molecule has 2 aromatic heterocycles. The highest BCUT2D eigenvalue weighted by molar-refractivity contribution is 5.76. The Morgan fingerprint density at radius 3 is 2.62 bits per heavy atom. The fraction of sp³-hybridized carbons (Fsp3) is 0.235. The van der Waals surface area contributed by atoms with Crippen LogP contribution in [0, 0.1) is 5.82 Å². The number of nitrogens with zero attached hydrogens (tertiary/aromatic N) is 2. The first-order valence-corrected chi connectivity index (χ1v) is 6.95. The lowest BCUT2D eigenvalue weighted by atomic mass is 10.1. The number of aromatic nitrogens is 2. The van der Waals surface area contributed by atoms with Crippen LogP contribution in [0.5, 0.6) is 0 Å². The maximum absolute atomic E-state index is 13.5. The van der Waals surface area contributed by atoms with Crippen LogP contribution in [-0.4, -0.2) is 14.9 Å². The standard InChI is InChI=1S/C17H18FN3/c1-17(2,3)20-16-15(12-7-6-8-13(18)11-12)19-14-9-4-5-10-21(14)16/h4-11,20H,1-3H3. The van der Waals surface area contributed by atoms with Gasteiger partial charge in [0.2, 0.25) is 0 Å². The Kier molecular flexibility index (Phi) is 3.16. The molecule has 0 saturated carbocycles. The minimum absolute atomic E-state index is 0.117. The summed E-state index contributed by atoms with van der Waals surface area (Å²) in [5, 5.41) is 3.47. The van der Waals surface area contributed by atoms with Crippen molar-refractivity contribution in [2.45, 2.75) is 26.3 Å². The Labute approximate surface area is 123 Å². The summed E-state index contributed by atoms with van der Waals surface area (Å²) in [7, 11) is 0. The third kappa shape index (κ3) is 2.75. The average Bonchev–Trinajstić information content (AvgIpc) is 2.76. The molecule has 0 fully saturated rings. The predicted molar refractivity (Wildman–Crippen MR) is 84.0 cm³/mol. The minimum Gasteiger partial charge on any atom is -0.365 e. The van der Waals surface area contributed by atoms with Crippen LogP contribution in [0.1, 0.15) is 20.8 Å². The van der Waals surface area contributed by atoms with E-state index in [9.17, 15) is 4.39 Å². The third-order valence-corrected chi connectivity index (χ3v) is 3.12. The van der Waals surface area contributed by atoms with E-state index in [1.807, 2.05) is 34.9 Å². The molecular weight excluding hydrogens is 265 g/mol. The normalized spacial score (nSPS) is 11.8. The van der Waals surface area contributed by atoms with Gasteiger partial charge in [-0.25, -0.2) is 9.37 Å². The Morgan fingerprint density at radius 2 is 1.90 bits per heavy atom. The number of rotatable bonds is 2. The van der Waals surface area contributed by atoms with E-state index in [0.717, 1.165) is 22.7 Å². The maximum atomic E-state index is 13.5. The Bertz CT molecular complexity index is 784. The van der Waals surface area contributed by atoms with E-state index >= 15 is 0 Å². The van der Waals surface area contributed by atoms with E-state index in [-0.39, 0.29) is 11.4 Å². The molecule has 1 N–H and O–H groups in total. The van der Waals surface area contributed by atoms with Crippen LogP contribution >= 0.6 is 0 Å². The van der Waals surface area contributed by atoms with Crippen molar-refractivity contribution in [3.63, 3.8) is 0 Å². The molecule has 3 aromatic rings. The smallest absolute Gasteiger partial charge is 0.139 e. The molecule has 3 nitrogen and oxygen atoms in total. The van der Waals surface area contributed by atoms with E-state index in [1.165, 1.54) is 12.1 Å². The van der Waals surface area contributed by atoms with Crippen molar-refractivity contribution in [1.82, 2.24) is 9.38 Å². The number of imidazole rings is 1. The topological polar surface area (TPSA) is 29.3 Å². The third-order valence-electron chi connectivity index (χ3n) is 3.12. The molecule has 108 valence electrons. The molecule has 0 amide bonds. The number of anilines is 1. The lowest BCUT2D eigenvalue weighted by Gasteiger charge is -2.22. The van der Waals surface area contributed by atoms with E-state index in [2.05, 4.69) is 31.1 Å². The summed E-state index contributed by atoms with van der Waals surface area (Å²) in [6.45, 7) is 6.26. The molecule has 4 heteroatoms. The molecule has 0 radical (unpaired) electrons. The van der Waals surface area contributed by atoms with Crippen molar-refractivity contribution in [2.75, 3.05) is 5.32 Å². The van der Waals surface area contributed by atoms with Crippen molar-refractivity contribution in [2.24, 2.45) is 0 Å². The van der Waals surface area contributed by atoms with Crippen molar-refractivity contribution < 1.29 is 4.39 Å². The SMILES string of the molecule is CC(C)(C)Nc1c(-c2cccc(F)c2)nc2ccccn12. The number of halogens is 1. The van der Waals surface area contributed by atoms with Crippen LogP contribution in [0.15, 0.2) is 48.7 Å². The summed E-state index contributed by atoms with van der Waals surface area (Å²) in [5.74, 6) is 0.620. The van der Waals surface area contributed by atoms with Gasteiger partial charge >= 0.3 is 0 Å². The van der Waals surface area contributed by atoms with Crippen molar-refractivity contribution >= 4 is 11.5 Å². The number of fused-ring (bicyclic) bond motifs is 1. The Balaban J connectivity index is 2.24. The van der Waals surface area contributed by atoms with Gasteiger partial charge in [0.05, 0.1) is 0 Å². The van der Waals surface area contributed by atoms with Gasteiger partial charge in [-0.15, -0.1) is 0 Å². The van der Waals surface area contributed by atoms with Gasteiger partial charge in [-0.3, -0.25) is 4.40 Å². The number of hydrogen-bond acceptors (Lipinski definition) is 2. The number of pyridine rings is 1. The summed E-state index contributed by atoms with van der Waals surface area (Å²) < 4.78 is 15.5. The van der Waals surface area contributed by atoms with Crippen LogP contribution in [-0.2, 0) is 0 Å². The highest BCUT2D eigenvalue weighted by atomic mass is 19.1. The quantitative estimate of drug-likeness (QED) is 0.757. The zero-order valence-corrected chi connectivity index (χ0v) is 12.4. The zero-order chi connectivity index (χ0) is 15.0. The first-order valence-electron chi connectivity index (χ1n) is 6.95. The summed E-state index contributed by atoms with van der Waals surface area (Å²) in [6, 6.07) is 12.4. The molecule has 21 heavy (non-hydrogen) atoms. The molecule has 1 aromatic carbocycles. The summed E-state index contributed by atoms with van der Waals surface area (Å²) in [6.07, 6.45) is 1.96. The molecule has 2 heterocycles. The van der Waals surface area contributed by atoms with Crippen molar-refractivity contribution in [1.29, 1.82) is 0 Å². The predicted octanol–water partition coefficient (Wildman–Crippen LogP) is 4.35. The van der Waals surface area contributed by atoms with E-state index in [0.29, 0.717) is 0 Å². The van der Waals surface area contributed by atoms with Crippen molar-refractivity contribution in [3.8, 4) is 11.3 Å². The van der Waals surface area contributed by atoms with Crippen LogP contribution in [0.2, 0.25) is 0 Å². The van der Waals surface area contributed by atoms with Crippen LogP contribution in [0.3, 0.4) is 0 Å². The first kappa shape index (κ1) is 13.6. The second kappa shape index (κ2) is 4.88. The number of nitrogens with one attached hydrogen (secondary N) is 1. The van der Waals surface area contributed by atoms with Gasteiger partial charge in [-0.2, -0.15) is 0 Å². The van der Waals surface area contributed by atoms with Crippen LogP contribution < -0.4 is 5.32 Å². The molecule has 0 aliphatic heterocycles. The van der Waals surface area contributed by atoms with E-state index < -0.39 is 0 Å². The van der Waals surface area contributed by atoms with Gasteiger partial charge in [0.25, 0.3) is 0 Å². The van der Waals surface area contributed by atoms with Crippen molar-refractivity contribution in [3.05, 3.63) is 54.5 Å². The Morgan fingerprint density at radius 1 is 1.10 bits per heavy atom. The fourth-order valence-corrected chi connectivity index (χ4v) is 2.31. The largest absolute Gasteiger partial charge is 0.365 e. The molecule has 0 atom stereocenters. The highest BCUT2D eigenvalue weighted by Crippen LogP contribution is 2.30. The lowest BCUT2D eigenvalue weighted by Crippen LogP contribution is -2.27. The second-order valence-corrected chi connectivity index (χ2v) is 6.12. The molecule has 3 rings (SSSR count). The molecule has 0 spiro atoms. The summed E-state index contributed by atoms with van der Waals surface area (Å²) in [5.41, 5.74) is 2.25. The van der Waals surface area contributed by atoms with Gasteiger partial charge < -0.3 is 5.32 Å². The van der Waals surface area contributed by atoms with Gasteiger partial charge in [0.15, 0.2) is 0 Å². The highest BCUT2D eigenvalue weighted by Gasteiger charge is 2.19. The summed E-state index contributed by atoms with van der Waals surface area (Å²) in [4.78, 5) is 4.64. The first-order chi connectivity index (χ1) is 9.94. The van der Waals surface area contributed by atoms with Crippen LogP contribution in [0.4, 0.5) is 10.2 Å². The number of benzene rings is 1. The van der Waals surface area contributed by atoms with E-state index in [4.69, 9.17) is 0 Å². The molecule has 0 saturated heterocycles. The summed E-state index contributed by atoms with van der Waals surface area (Å²) >= 11 is 0. The number of hydrogen-bond donors (Lipinski definition) is 1. The molecular formula is C17H18FN3. The zero-order valence-electron chi connectivity index (χ0n) is 12.4. The molecule has 0 aliphatic rings. The fourth-order valence-electron chi connectivity index (χ4n) is 2.31. The lowest BCUT2D eigenvalue weighted by molar-refractivity contribution is 0.627. The monoisotopic (exact) mass is 283 g/mol. The van der Waals surface area contributed by atoms with Gasteiger partial charge in [-0.05, 0) is 45.0 Å². The molecule has 0 bridgehead atoms. The second-order valence-electron chi connectivity index (χ2n) is 6.12. The van der Waals surface area contributed by atoms with Crippen LogP contribution in [0.25, 0.3) is 16.9 Å². The van der Waals surface area contributed by atoms with Gasteiger partial charge in [0.1, 0.15) is 23.0 Å². The van der Waals surface area contributed by atoms with E-state index in [1.54, 1.807) is 6.07 Å². The van der Waals surface area contributed by atoms with Gasteiger partial charge in [-0.1, -0.05) is 18.2 Å². The molecule has 0 unspecified atom stereocenters. The minimum atomic E-state index is -0.258. The average molecular weight is 283 g/mol. The molecule has 0 aliphatic carbocycles.